The maximum Gasteiger partial charge on any atom is 0.221 e. The lowest BCUT2D eigenvalue weighted by Crippen LogP contribution is -2.40. The van der Waals surface area contributed by atoms with E-state index in [0.29, 0.717) is 37.8 Å². The summed E-state index contributed by atoms with van der Waals surface area (Å²) in [5.41, 5.74) is 0. The predicted molar refractivity (Wildman–Crippen MR) is 103 cm³/mol. The molecule has 0 aliphatic carbocycles. The Morgan fingerprint density at radius 2 is 2.04 bits per heavy atom. The third-order valence-electron chi connectivity index (χ3n) is 3.65. The van der Waals surface area contributed by atoms with E-state index in [-0.39, 0.29) is 23.9 Å². The standard InChI is InChI=1S/C19H31FN4O2/c1-5-14(3)24-18(25)10-11-22-19(21-6-2)23-13-15(4)26-17-9-7-8-16(20)12-17/h7-9,12,14-15H,5-6,10-11,13H2,1-4H3,(H,24,25)(H2,21,22,23). The van der Waals surface area contributed by atoms with Gasteiger partial charge in [0.2, 0.25) is 5.91 Å². The van der Waals surface area contributed by atoms with E-state index < -0.39 is 0 Å². The molecule has 0 aliphatic heterocycles. The number of ether oxygens (including phenoxy) is 1. The van der Waals surface area contributed by atoms with Crippen molar-refractivity contribution in [3.05, 3.63) is 30.1 Å². The molecule has 0 aromatic heterocycles. The Kier molecular flexibility index (Phi) is 10.1. The van der Waals surface area contributed by atoms with Crippen molar-refractivity contribution in [2.24, 2.45) is 4.99 Å². The second kappa shape index (κ2) is 12.1. The number of guanidine groups is 1. The molecule has 0 fully saturated rings. The van der Waals surface area contributed by atoms with Gasteiger partial charge in [0.15, 0.2) is 5.96 Å². The van der Waals surface area contributed by atoms with Crippen molar-refractivity contribution >= 4 is 11.9 Å². The molecular formula is C19H31FN4O2. The summed E-state index contributed by atoms with van der Waals surface area (Å²) >= 11 is 0. The third kappa shape index (κ3) is 9.25. The summed E-state index contributed by atoms with van der Waals surface area (Å²) in [4.78, 5) is 16.2. The molecule has 0 radical (unpaired) electrons. The highest BCUT2D eigenvalue weighted by atomic mass is 19.1. The number of carbonyl (C=O) groups excluding carboxylic acids is 1. The number of hydrogen-bond donors (Lipinski definition) is 3. The van der Waals surface area contributed by atoms with Crippen LogP contribution in [0.4, 0.5) is 4.39 Å². The van der Waals surface area contributed by atoms with E-state index in [9.17, 15) is 9.18 Å². The molecule has 0 aliphatic rings. The Balaban J connectivity index is 2.43. The molecule has 1 aromatic rings. The second-order valence-corrected chi connectivity index (χ2v) is 6.16. The molecule has 1 rings (SSSR count). The first-order valence-electron chi connectivity index (χ1n) is 9.18. The van der Waals surface area contributed by atoms with Crippen LogP contribution < -0.4 is 20.7 Å². The van der Waals surface area contributed by atoms with E-state index in [1.165, 1.54) is 12.1 Å². The fraction of sp³-hybridized carbons (Fsp3) is 0.579. The van der Waals surface area contributed by atoms with Gasteiger partial charge in [-0.05, 0) is 39.3 Å². The molecule has 0 saturated carbocycles. The van der Waals surface area contributed by atoms with Gasteiger partial charge >= 0.3 is 0 Å². The number of benzene rings is 1. The van der Waals surface area contributed by atoms with Gasteiger partial charge in [-0.15, -0.1) is 0 Å². The zero-order chi connectivity index (χ0) is 19.4. The quantitative estimate of drug-likeness (QED) is 0.439. The van der Waals surface area contributed by atoms with Crippen molar-refractivity contribution in [3.8, 4) is 5.75 Å². The number of rotatable bonds is 10. The van der Waals surface area contributed by atoms with E-state index in [4.69, 9.17) is 4.74 Å². The molecule has 1 aromatic carbocycles. The van der Waals surface area contributed by atoms with Crippen LogP contribution >= 0.6 is 0 Å². The van der Waals surface area contributed by atoms with E-state index in [2.05, 4.69) is 20.9 Å². The minimum absolute atomic E-state index is 0.0190. The molecule has 2 atom stereocenters. The van der Waals surface area contributed by atoms with Gasteiger partial charge in [-0.25, -0.2) is 9.38 Å². The van der Waals surface area contributed by atoms with Gasteiger partial charge in [0, 0.05) is 31.6 Å². The number of amides is 1. The van der Waals surface area contributed by atoms with Crippen LogP contribution in [-0.4, -0.2) is 43.6 Å². The lowest BCUT2D eigenvalue weighted by Gasteiger charge is -2.16. The van der Waals surface area contributed by atoms with Crippen LogP contribution in [0.3, 0.4) is 0 Å². The molecule has 26 heavy (non-hydrogen) atoms. The number of hydrogen-bond acceptors (Lipinski definition) is 3. The molecule has 2 unspecified atom stereocenters. The molecule has 0 heterocycles. The first-order valence-corrected chi connectivity index (χ1v) is 9.18. The van der Waals surface area contributed by atoms with Crippen LogP contribution in [0, 0.1) is 5.82 Å². The van der Waals surface area contributed by atoms with Crippen molar-refractivity contribution in [2.75, 3.05) is 19.6 Å². The molecule has 3 N–H and O–H groups in total. The molecule has 7 heteroatoms. The van der Waals surface area contributed by atoms with Gasteiger partial charge in [0.1, 0.15) is 17.7 Å². The normalized spacial score (nSPS) is 13.7. The van der Waals surface area contributed by atoms with Crippen LogP contribution in [-0.2, 0) is 4.79 Å². The number of nitrogens with one attached hydrogen (secondary N) is 3. The van der Waals surface area contributed by atoms with Gasteiger partial charge in [0.25, 0.3) is 0 Å². The zero-order valence-electron chi connectivity index (χ0n) is 16.1. The number of aliphatic imine (C=N–C) groups is 1. The minimum atomic E-state index is -0.330. The summed E-state index contributed by atoms with van der Waals surface area (Å²) in [6.07, 6.45) is 1.08. The van der Waals surface area contributed by atoms with Gasteiger partial charge in [-0.3, -0.25) is 4.79 Å². The summed E-state index contributed by atoms with van der Waals surface area (Å²) < 4.78 is 18.8. The van der Waals surface area contributed by atoms with Crippen molar-refractivity contribution < 1.29 is 13.9 Å². The van der Waals surface area contributed by atoms with Crippen LogP contribution in [0.15, 0.2) is 29.3 Å². The first-order chi connectivity index (χ1) is 12.4. The maximum atomic E-state index is 13.2. The monoisotopic (exact) mass is 366 g/mol. The van der Waals surface area contributed by atoms with Gasteiger partial charge in [0.05, 0.1) is 6.54 Å². The number of carbonyl (C=O) groups is 1. The van der Waals surface area contributed by atoms with Crippen LogP contribution in [0.1, 0.15) is 40.5 Å². The van der Waals surface area contributed by atoms with Crippen LogP contribution in [0.25, 0.3) is 0 Å². The molecule has 0 spiro atoms. The van der Waals surface area contributed by atoms with Crippen LogP contribution in [0.5, 0.6) is 5.75 Å². The number of nitrogens with zero attached hydrogens (tertiary/aromatic N) is 1. The lowest BCUT2D eigenvalue weighted by atomic mass is 10.2. The first kappa shape index (κ1) is 21.7. The zero-order valence-corrected chi connectivity index (χ0v) is 16.1. The molecule has 6 nitrogen and oxygen atoms in total. The highest BCUT2D eigenvalue weighted by Gasteiger charge is 2.07. The predicted octanol–water partition coefficient (Wildman–Crippen LogP) is 2.45. The maximum absolute atomic E-state index is 13.2. The fourth-order valence-corrected chi connectivity index (χ4v) is 2.11. The summed E-state index contributed by atoms with van der Waals surface area (Å²) in [5, 5.41) is 9.19. The molecular weight excluding hydrogens is 335 g/mol. The highest BCUT2D eigenvalue weighted by molar-refractivity contribution is 5.81. The largest absolute Gasteiger partial charge is 0.489 e. The minimum Gasteiger partial charge on any atom is -0.489 e. The average molecular weight is 366 g/mol. The Morgan fingerprint density at radius 1 is 1.27 bits per heavy atom. The smallest absolute Gasteiger partial charge is 0.221 e. The van der Waals surface area contributed by atoms with E-state index in [1.54, 1.807) is 12.1 Å². The van der Waals surface area contributed by atoms with Crippen molar-refractivity contribution in [1.82, 2.24) is 16.0 Å². The van der Waals surface area contributed by atoms with Crippen LogP contribution in [0.2, 0.25) is 0 Å². The molecule has 1 amide bonds. The van der Waals surface area contributed by atoms with E-state index >= 15 is 0 Å². The van der Waals surface area contributed by atoms with E-state index in [0.717, 1.165) is 6.42 Å². The van der Waals surface area contributed by atoms with Gasteiger partial charge < -0.3 is 20.7 Å². The summed E-state index contributed by atoms with van der Waals surface area (Å²) in [5.74, 6) is 0.792. The second-order valence-electron chi connectivity index (χ2n) is 6.16. The lowest BCUT2D eigenvalue weighted by molar-refractivity contribution is -0.121. The summed E-state index contributed by atoms with van der Waals surface area (Å²) in [7, 11) is 0. The Hall–Kier alpha value is -2.31. The third-order valence-corrected chi connectivity index (χ3v) is 3.65. The molecule has 146 valence electrons. The summed E-state index contributed by atoms with van der Waals surface area (Å²) in [6.45, 7) is 9.47. The average Bonchev–Trinajstić information content (AvgIpc) is 2.59. The van der Waals surface area contributed by atoms with E-state index in [1.807, 2.05) is 27.7 Å². The van der Waals surface area contributed by atoms with Crippen molar-refractivity contribution in [3.63, 3.8) is 0 Å². The molecule has 0 bridgehead atoms. The molecule has 0 saturated heterocycles. The fourth-order valence-electron chi connectivity index (χ4n) is 2.11. The van der Waals surface area contributed by atoms with Gasteiger partial charge in [-0.1, -0.05) is 13.0 Å². The van der Waals surface area contributed by atoms with Gasteiger partial charge in [-0.2, -0.15) is 0 Å². The topological polar surface area (TPSA) is 74.8 Å². The Morgan fingerprint density at radius 3 is 2.69 bits per heavy atom. The highest BCUT2D eigenvalue weighted by Crippen LogP contribution is 2.13. The Bertz CT molecular complexity index is 580. The van der Waals surface area contributed by atoms with Crippen molar-refractivity contribution in [1.29, 1.82) is 0 Å². The SMILES string of the molecule is CCNC(=NCC(C)Oc1cccc(F)c1)NCCC(=O)NC(C)CC. The Labute approximate surface area is 155 Å². The van der Waals surface area contributed by atoms with Crippen molar-refractivity contribution in [2.45, 2.75) is 52.7 Å². The summed E-state index contributed by atoms with van der Waals surface area (Å²) in [6, 6.07) is 6.23. The number of halogens is 1.